The molecule has 0 radical (unpaired) electrons. The van der Waals surface area contributed by atoms with Crippen molar-refractivity contribution in [3.05, 3.63) is 54.6 Å². The minimum absolute atomic E-state index is 0.341. The topological polar surface area (TPSA) is 12.0 Å². The third-order valence-electron chi connectivity index (χ3n) is 3.27. The SMILES string of the molecule is CCCNC(Cc1ccc(Br)s1)Cc1c(Cl)cccc1Cl. The van der Waals surface area contributed by atoms with Gasteiger partial charge in [0.25, 0.3) is 0 Å². The van der Waals surface area contributed by atoms with Crippen molar-refractivity contribution >= 4 is 50.5 Å². The van der Waals surface area contributed by atoms with Gasteiger partial charge in [0.2, 0.25) is 0 Å². The number of halogens is 3. The van der Waals surface area contributed by atoms with Gasteiger partial charge >= 0.3 is 0 Å². The van der Waals surface area contributed by atoms with Gasteiger partial charge in [-0.05, 0) is 71.6 Å². The zero-order chi connectivity index (χ0) is 15.2. The van der Waals surface area contributed by atoms with Crippen LogP contribution in [-0.2, 0) is 12.8 Å². The van der Waals surface area contributed by atoms with Crippen LogP contribution in [0.25, 0.3) is 0 Å². The molecule has 1 aromatic heterocycles. The van der Waals surface area contributed by atoms with Gasteiger partial charge in [0, 0.05) is 21.0 Å². The van der Waals surface area contributed by atoms with Crippen molar-refractivity contribution in [1.29, 1.82) is 0 Å². The smallest absolute Gasteiger partial charge is 0.0701 e. The first-order valence-electron chi connectivity index (χ1n) is 7.00. The number of hydrogen-bond donors (Lipinski definition) is 1. The van der Waals surface area contributed by atoms with Gasteiger partial charge in [-0.1, -0.05) is 36.2 Å². The Bertz CT molecular complexity index is 565. The molecule has 114 valence electrons. The second-order valence-corrected chi connectivity index (χ2v) is 8.33. The molecule has 0 aliphatic heterocycles. The monoisotopic (exact) mass is 405 g/mol. The Morgan fingerprint density at radius 2 is 1.86 bits per heavy atom. The van der Waals surface area contributed by atoms with E-state index in [-0.39, 0.29) is 0 Å². The summed E-state index contributed by atoms with van der Waals surface area (Å²) in [7, 11) is 0. The minimum atomic E-state index is 0.341. The van der Waals surface area contributed by atoms with Gasteiger partial charge in [0.1, 0.15) is 0 Å². The van der Waals surface area contributed by atoms with Gasteiger partial charge in [-0.25, -0.2) is 0 Å². The molecule has 0 fully saturated rings. The van der Waals surface area contributed by atoms with Gasteiger partial charge in [-0.2, -0.15) is 0 Å². The number of thiophene rings is 1. The van der Waals surface area contributed by atoms with Crippen LogP contribution in [0.15, 0.2) is 34.1 Å². The van der Waals surface area contributed by atoms with Crippen molar-refractivity contribution in [2.24, 2.45) is 0 Å². The molecule has 21 heavy (non-hydrogen) atoms. The highest BCUT2D eigenvalue weighted by atomic mass is 79.9. The summed E-state index contributed by atoms with van der Waals surface area (Å²) in [4.78, 5) is 1.36. The zero-order valence-electron chi connectivity index (χ0n) is 11.8. The molecular weight excluding hydrogens is 389 g/mol. The lowest BCUT2D eigenvalue weighted by atomic mass is 10.0. The number of rotatable bonds is 7. The highest BCUT2D eigenvalue weighted by molar-refractivity contribution is 9.11. The summed E-state index contributed by atoms with van der Waals surface area (Å²) in [5.74, 6) is 0. The third-order valence-corrected chi connectivity index (χ3v) is 5.63. The average Bonchev–Trinajstić information content (AvgIpc) is 2.85. The van der Waals surface area contributed by atoms with Crippen molar-refractivity contribution in [2.75, 3.05) is 6.54 Å². The lowest BCUT2D eigenvalue weighted by molar-refractivity contribution is 0.507. The first-order valence-corrected chi connectivity index (χ1v) is 9.37. The molecule has 0 spiro atoms. The van der Waals surface area contributed by atoms with Crippen molar-refractivity contribution in [3.8, 4) is 0 Å². The van der Waals surface area contributed by atoms with Gasteiger partial charge in [-0.3, -0.25) is 0 Å². The first kappa shape index (κ1) is 17.3. The van der Waals surface area contributed by atoms with Crippen LogP contribution >= 0.6 is 50.5 Å². The quantitative estimate of drug-likeness (QED) is 0.596. The van der Waals surface area contributed by atoms with Crippen LogP contribution in [0.1, 0.15) is 23.8 Å². The summed E-state index contributed by atoms with van der Waals surface area (Å²) in [6, 6.07) is 10.3. The Kier molecular flexibility index (Phi) is 7.03. The largest absolute Gasteiger partial charge is 0.313 e. The van der Waals surface area contributed by atoms with Crippen LogP contribution < -0.4 is 5.32 Å². The van der Waals surface area contributed by atoms with Crippen LogP contribution in [0.4, 0.5) is 0 Å². The van der Waals surface area contributed by atoms with Gasteiger partial charge < -0.3 is 5.32 Å². The first-order chi connectivity index (χ1) is 10.1. The van der Waals surface area contributed by atoms with E-state index in [0.717, 1.165) is 41.4 Å². The highest BCUT2D eigenvalue weighted by Gasteiger charge is 2.15. The molecule has 0 saturated heterocycles. The molecule has 1 heterocycles. The normalized spacial score (nSPS) is 12.6. The standard InChI is InChI=1S/C16H18BrCl2NS/c1-2-8-20-11(9-12-6-7-16(17)21-12)10-13-14(18)4-3-5-15(13)19/h3-7,11,20H,2,8-10H2,1H3. The molecule has 1 aromatic carbocycles. The van der Waals surface area contributed by atoms with Crippen molar-refractivity contribution in [1.82, 2.24) is 5.32 Å². The van der Waals surface area contributed by atoms with Crippen molar-refractivity contribution in [3.63, 3.8) is 0 Å². The van der Waals surface area contributed by atoms with E-state index in [9.17, 15) is 0 Å². The average molecular weight is 407 g/mol. The maximum Gasteiger partial charge on any atom is 0.0701 e. The minimum Gasteiger partial charge on any atom is -0.313 e. The van der Waals surface area contributed by atoms with Crippen molar-refractivity contribution in [2.45, 2.75) is 32.2 Å². The molecule has 1 unspecified atom stereocenters. The summed E-state index contributed by atoms with van der Waals surface area (Å²) in [5.41, 5.74) is 1.03. The van der Waals surface area contributed by atoms with Crippen LogP contribution in [0.5, 0.6) is 0 Å². The van der Waals surface area contributed by atoms with E-state index in [2.05, 4.69) is 40.3 Å². The lowest BCUT2D eigenvalue weighted by Crippen LogP contribution is -2.33. The van der Waals surface area contributed by atoms with E-state index in [1.54, 1.807) is 11.3 Å². The molecule has 2 rings (SSSR count). The van der Waals surface area contributed by atoms with E-state index in [0.29, 0.717) is 6.04 Å². The zero-order valence-corrected chi connectivity index (χ0v) is 15.7. The molecule has 1 nitrogen and oxygen atoms in total. The fourth-order valence-corrected chi connectivity index (χ4v) is 4.36. The number of hydrogen-bond acceptors (Lipinski definition) is 2. The van der Waals surface area contributed by atoms with Crippen LogP contribution in [0, 0.1) is 0 Å². The number of benzene rings is 1. The van der Waals surface area contributed by atoms with Gasteiger partial charge in [0.15, 0.2) is 0 Å². The Hall–Kier alpha value is -0.0600. The van der Waals surface area contributed by atoms with E-state index in [1.807, 2.05) is 18.2 Å². The second-order valence-electron chi connectivity index (χ2n) is 4.97. The van der Waals surface area contributed by atoms with Crippen LogP contribution in [0.3, 0.4) is 0 Å². The summed E-state index contributed by atoms with van der Waals surface area (Å²) >= 11 is 17.9. The number of nitrogens with one attached hydrogen (secondary N) is 1. The molecule has 1 atom stereocenters. The predicted molar refractivity (Wildman–Crippen MR) is 98.0 cm³/mol. The van der Waals surface area contributed by atoms with Crippen molar-refractivity contribution < 1.29 is 0 Å². The second kappa shape index (κ2) is 8.54. The molecular formula is C16H18BrCl2NS. The van der Waals surface area contributed by atoms with E-state index < -0.39 is 0 Å². The van der Waals surface area contributed by atoms with E-state index >= 15 is 0 Å². The molecule has 2 aromatic rings. The molecule has 0 amide bonds. The molecule has 0 saturated carbocycles. The third kappa shape index (κ3) is 5.26. The fourth-order valence-electron chi connectivity index (χ4n) is 2.24. The Labute approximate surface area is 148 Å². The van der Waals surface area contributed by atoms with Crippen LogP contribution in [0.2, 0.25) is 10.0 Å². The highest BCUT2D eigenvalue weighted by Crippen LogP contribution is 2.28. The summed E-state index contributed by atoms with van der Waals surface area (Å²) in [6.45, 7) is 3.17. The Balaban J connectivity index is 2.12. The predicted octanol–water partition coefficient (Wildman–Crippen LogP) is 5.97. The Morgan fingerprint density at radius 3 is 2.43 bits per heavy atom. The summed E-state index contributed by atoms with van der Waals surface area (Å²) in [5, 5.41) is 5.10. The van der Waals surface area contributed by atoms with E-state index in [1.165, 1.54) is 8.66 Å². The van der Waals surface area contributed by atoms with Crippen LogP contribution in [-0.4, -0.2) is 12.6 Å². The fraction of sp³-hybridized carbons (Fsp3) is 0.375. The Morgan fingerprint density at radius 1 is 1.14 bits per heavy atom. The summed E-state index contributed by atoms with van der Waals surface area (Å²) in [6.07, 6.45) is 2.94. The molecule has 0 aliphatic rings. The van der Waals surface area contributed by atoms with E-state index in [4.69, 9.17) is 23.2 Å². The maximum absolute atomic E-state index is 6.30. The molecule has 0 bridgehead atoms. The van der Waals surface area contributed by atoms with Gasteiger partial charge in [-0.15, -0.1) is 11.3 Å². The van der Waals surface area contributed by atoms with Gasteiger partial charge in [0.05, 0.1) is 3.79 Å². The summed E-state index contributed by atoms with van der Waals surface area (Å²) < 4.78 is 1.17. The molecule has 1 N–H and O–H groups in total. The maximum atomic E-state index is 6.30. The lowest BCUT2D eigenvalue weighted by Gasteiger charge is -2.19. The molecule has 5 heteroatoms. The molecule has 0 aliphatic carbocycles.